The van der Waals surface area contributed by atoms with E-state index in [-0.39, 0.29) is 5.38 Å². The number of hydrogen-bond donors (Lipinski definition) is 0. The molecular weight excluding hydrogens is 287 g/mol. The van der Waals surface area contributed by atoms with E-state index in [9.17, 15) is 0 Å². The molecular formula is C14H14Cl2OS. The standard InChI is InChI=1S/C14H14Cl2OS/c1-3-17-11-7-5-4-6-10(11)13(15)12-8-9(2)14(16)18-12/h4-8,13H,3H2,1-2H3. The van der Waals surface area contributed by atoms with Crippen molar-refractivity contribution in [2.45, 2.75) is 19.2 Å². The summed E-state index contributed by atoms with van der Waals surface area (Å²) >= 11 is 14.1. The molecule has 0 saturated carbocycles. The van der Waals surface area contributed by atoms with Gasteiger partial charge in [-0.15, -0.1) is 22.9 Å². The number of halogens is 2. The van der Waals surface area contributed by atoms with E-state index in [1.165, 1.54) is 11.3 Å². The Hall–Kier alpha value is -0.700. The van der Waals surface area contributed by atoms with Crippen LogP contribution in [0.15, 0.2) is 30.3 Å². The Kier molecular flexibility index (Phi) is 4.55. The maximum atomic E-state index is 6.53. The van der Waals surface area contributed by atoms with Crippen molar-refractivity contribution in [3.63, 3.8) is 0 Å². The summed E-state index contributed by atoms with van der Waals surface area (Å²) in [6, 6.07) is 9.88. The molecule has 0 bridgehead atoms. The van der Waals surface area contributed by atoms with E-state index in [0.29, 0.717) is 6.61 Å². The number of alkyl halides is 1. The second kappa shape index (κ2) is 5.96. The van der Waals surface area contributed by atoms with Crippen molar-refractivity contribution in [2.24, 2.45) is 0 Å². The average Bonchev–Trinajstić information content (AvgIpc) is 2.70. The summed E-state index contributed by atoms with van der Waals surface area (Å²) in [5, 5.41) is -0.219. The predicted octanol–water partition coefficient (Wildman–Crippen LogP) is 5.44. The predicted molar refractivity (Wildman–Crippen MR) is 79.4 cm³/mol. The minimum Gasteiger partial charge on any atom is -0.494 e. The molecule has 0 aliphatic heterocycles. The first-order valence-electron chi connectivity index (χ1n) is 5.75. The smallest absolute Gasteiger partial charge is 0.124 e. The van der Waals surface area contributed by atoms with Crippen LogP contribution in [0.25, 0.3) is 0 Å². The maximum Gasteiger partial charge on any atom is 0.124 e. The summed E-state index contributed by atoms with van der Waals surface area (Å²) in [6.07, 6.45) is 0. The molecule has 2 rings (SSSR count). The molecule has 0 aliphatic carbocycles. The molecule has 1 unspecified atom stereocenters. The fraction of sp³-hybridized carbons (Fsp3) is 0.286. The van der Waals surface area contributed by atoms with Crippen LogP contribution in [0.3, 0.4) is 0 Å². The minimum absolute atomic E-state index is 0.219. The Morgan fingerprint density at radius 1 is 1.33 bits per heavy atom. The van der Waals surface area contributed by atoms with Crippen molar-refractivity contribution in [3.05, 3.63) is 50.7 Å². The van der Waals surface area contributed by atoms with Crippen LogP contribution in [0.5, 0.6) is 5.75 Å². The molecule has 1 aromatic heterocycles. The molecule has 1 atom stereocenters. The molecule has 0 N–H and O–H groups in total. The van der Waals surface area contributed by atoms with Gasteiger partial charge < -0.3 is 4.74 Å². The van der Waals surface area contributed by atoms with E-state index >= 15 is 0 Å². The van der Waals surface area contributed by atoms with Crippen molar-refractivity contribution in [1.82, 2.24) is 0 Å². The summed E-state index contributed by atoms with van der Waals surface area (Å²) in [7, 11) is 0. The zero-order valence-corrected chi connectivity index (χ0v) is 12.6. The monoisotopic (exact) mass is 300 g/mol. The lowest BCUT2D eigenvalue weighted by molar-refractivity contribution is 0.337. The Balaban J connectivity index is 2.36. The molecule has 1 aromatic carbocycles. The number of rotatable bonds is 4. The molecule has 0 fully saturated rings. The van der Waals surface area contributed by atoms with Gasteiger partial charge in [-0.2, -0.15) is 0 Å². The van der Waals surface area contributed by atoms with Crippen molar-refractivity contribution in [2.75, 3.05) is 6.61 Å². The van der Waals surface area contributed by atoms with Crippen LogP contribution in [0.2, 0.25) is 4.34 Å². The van der Waals surface area contributed by atoms with Gasteiger partial charge in [0.1, 0.15) is 5.75 Å². The van der Waals surface area contributed by atoms with E-state index in [2.05, 4.69) is 0 Å². The van der Waals surface area contributed by atoms with Gasteiger partial charge in [0.25, 0.3) is 0 Å². The molecule has 2 aromatic rings. The first-order valence-corrected chi connectivity index (χ1v) is 7.38. The zero-order chi connectivity index (χ0) is 13.1. The third-order valence-electron chi connectivity index (χ3n) is 2.62. The second-order valence-corrected chi connectivity index (χ2v) is 6.06. The van der Waals surface area contributed by atoms with Gasteiger partial charge in [0, 0.05) is 10.4 Å². The first kappa shape index (κ1) is 13.7. The number of ether oxygens (including phenoxy) is 1. The number of para-hydroxylation sites is 1. The van der Waals surface area contributed by atoms with Gasteiger partial charge in [0.2, 0.25) is 0 Å². The van der Waals surface area contributed by atoms with Gasteiger partial charge in [-0.1, -0.05) is 29.8 Å². The molecule has 0 amide bonds. The van der Waals surface area contributed by atoms with Crippen LogP contribution in [-0.4, -0.2) is 6.61 Å². The Morgan fingerprint density at radius 3 is 2.67 bits per heavy atom. The molecule has 0 radical (unpaired) electrons. The van der Waals surface area contributed by atoms with E-state index in [1.54, 1.807) is 0 Å². The Bertz CT molecular complexity index is 517. The molecule has 1 heterocycles. The molecule has 4 heteroatoms. The van der Waals surface area contributed by atoms with Gasteiger partial charge in [0.15, 0.2) is 0 Å². The Morgan fingerprint density at radius 2 is 2.06 bits per heavy atom. The molecule has 0 spiro atoms. The van der Waals surface area contributed by atoms with Crippen molar-refractivity contribution < 1.29 is 4.74 Å². The van der Waals surface area contributed by atoms with Gasteiger partial charge in [-0.05, 0) is 31.5 Å². The lowest BCUT2D eigenvalue weighted by Gasteiger charge is -2.13. The summed E-state index contributed by atoms with van der Waals surface area (Å²) in [6.45, 7) is 4.58. The molecule has 0 aliphatic rings. The number of hydrogen-bond acceptors (Lipinski definition) is 2. The summed E-state index contributed by atoms with van der Waals surface area (Å²) in [5.74, 6) is 0.835. The highest BCUT2D eigenvalue weighted by Gasteiger charge is 2.18. The highest BCUT2D eigenvalue weighted by Crippen LogP contribution is 2.40. The van der Waals surface area contributed by atoms with Crippen molar-refractivity contribution >= 4 is 34.5 Å². The summed E-state index contributed by atoms with van der Waals surface area (Å²) in [5.41, 5.74) is 2.05. The molecule has 0 saturated heterocycles. The summed E-state index contributed by atoms with van der Waals surface area (Å²) < 4.78 is 6.40. The third kappa shape index (κ3) is 2.82. The number of thiophene rings is 1. The quantitative estimate of drug-likeness (QED) is 0.683. The summed E-state index contributed by atoms with van der Waals surface area (Å²) in [4.78, 5) is 1.05. The van der Waals surface area contributed by atoms with E-state index < -0.39 is 0 Å². The molecule has 1 nitrogen and oxygen atoms in total. The van der Waals surface area contributed by atoms with Crippen LogP contribution in [-0.2, 0) is 0 Å². The second-order valence-electron chi connectivity index (χ2n) is 3.94. The van der Waals surface area contributed by atoms with Crippen LogP contribution in [0.1, 0.15) is 28.3 Å². The molecule has 18 heavy (non-hydrogen) atoms. The zero-order valence-electron chi connectivity index (χ0n) is 10.2. The average molecular weight is 301 g/mol. The van der Waals surface area contributed by atoms with E-state index in [1.807, 2.05) is 44.2 Å². The normalized spacial score (nSPS) is 12.4. The van der Waals surface area contributed by atoms with Crippen LogP contribution >= 0.6 is 34.5 Å². The van der Waals surface area contributed by atoms with E-state index in [0.717, 1.165) is 26.1 Å². The maximum absolute atomic E-state index is 6.53. The van der Waals surface area contributed by atoms with Crippen LogP contribution in [0, 0.1) is 6.92 Å². The minimum atomic E-state index is -0.219. The van der Waals surface area contributed by atoms with Gasteiger partial charge in [-0.3, -0.25) is 0 Å². The van der Waals surface area contributed by atoms with Crippen molar-refractivity contribution in [3.8, 4) is 5.75 Å². The van der Waals surface area contributed by atoms with Crippen LogP contribution < -0.4 is 4.74 Å². The van der Waals surface area contributed by atoms with Crippen molar-refractivity contribution in [1.29, 1.82) is 0 Å². The Labute approximate surface area is 121 Å². The highest BCUT2D eigenvalue weighted by molar-refractivity contribution is 7.16. The fourth-order valence-electron chi connectivity index (χ4n) is 1.74. The van der Waals surface area contributed by atoms with Gasteiger partial charge in [0.05, 0.1) is 16.3 Å². The first-order chi connectivity index (χ1) is 8.63. The molecule has 96 valence electrons. The fourth-order valence-corrected chi connectivity index (χ4v) is 3.33. The highest BCUT2D eigenvalue weighted by atomic mass is 35.5. The van der Waals surface area contributed by atoms with Gasteiger partial charge >= 0.3 is 0 Å². The third-order valence-corrected chi connectivity index (χ3v) is 4.84. The van der Waals surface area contributed by atoms with Gasteiger partial charge in [-0.25, -0.2) is 0 Å². The lowest BCUT2D eigenvalue weighted by Crippen LogP contribution is -1.98. The van der Waals surface area contributed by atoms with Crippen LogP contribution in [0.4, 0.5) is 0 Å². The number of aryl methyl sites for hydroxylation is 1. The SMILES string of the molecule is CCOc1ccccc1C(Cl)c1cc(C)c(Cl)s1. The topological polar surface area (TPSA) is 9.23 Å². The largest absolute Gasteiger partial charge is 0.494 e. The van der Waals surface area contributed by atoms with E-state index in [4.69, 9.17) is 27.9 Å². The number of benzene rings is 1. The lowest BCUT2D eigenvalue weighted by atomic mass is 10.1.